The van der Waals surface area contributed by atoms with Gasteiger partial charge in [0, 0.05) is 17.9 Å². The molecule has 0 atom stereocenters. The molecule has 0 saturated carbocycles. The number of nitrogens with one attached hydrogen (secondary N) is 2. The van der Waals surface area contributed by atoms with Crippen LogP contribution >= 0.6 is 24.0 Å². The summed E-state index contributed by atoms with van der Waals surface area (Å²) in [5, 5.41) is 5.68. The normalized spacial score (nSPS) is 11.3. The van der Waals surface area contributed by atoms with Crippen LogP contribution in [0, 0.1) is 4.77 Å². The molecule has 0 radical (unpaired) electrons. The minimum Gasteiger partial charge on any atom is -0.381 e. The van der Waals surface area contributed by atoms with E-state index in [1.54, 1.807) is 11.8 Å². The van der Waals surface area contributed by atoms with Crippen LogP contribution in [0.5, 0.6) is 0 Å². The molecule has 4 rings (SSSR count). The summed E-state index contributed by atoms with van der Waals surface area (Å²) in [7, 11) is 0. The molecule has 0 spiro atoms. The third kappa shape index (κ3) is 4.47. The van der Waals surface area contributed by atoms with E-state index >= 15 is 0 Å². The van der Waals surface area contributed by atoms with Crippen LogP contribution < -0.4 is 5.32 Å². The van der Waals surface area contributed by atoms with Gasteiger partial charge in [-0.25, -0.2) is 0 Å². The number of rotatable bonds is 7. The first-order valence-electron chi connectivity index (χ1n) is 9.55. The van der Waals surface area contributed by atoms with Gasteiger partial charge in [0.1, 0.15) is 0 Å². The van der Waals surface area contributed by atoms with E-state index in [1.807, 2.05) is 18.2 Å². The van der Waals surface area contributed by atoms with Crippen LogP contribution in [0.1, 0.15) is 11.1 Å². The van der Waals surface area contributed by atoms with Crippen LogP contribution in [-0.2, 0) is 13.0 Å². The first kappa shape index (κ1) is 19.6. The van der Waals surface area contributed by atoms with Crippen LogP contribution in [0.4, 0.5) is 5.69 Å². The average molecular weight is 418 g/mol. The highest BCUT2D eigenvalue weighted by atomic mass is 32.2. The molecule has 4 aromatic rings. The molecule has 5 heteroatoms. The summed E-state index contributed by atoms with van der Waals surface area (Å²) in [5.74, 6) is 0. The summed E-state index contributed by atoms with van der Waals surface area (Å²) in [6.07, 6.45) is 5.25. The number of para-hydroxylation sites is 2. The lowest BCUT2D eigenvalue weighted by atomic mass is 10.0. The summed E-state index contributed by atoms with van der Waals surface area (Å²) in [4.78, 5) is 3.27. The van der Waals surface area contributed by atoms with E-state index in [2.05, 4.69) is 87.2 Å². The number of H-pyrrole nitrogens is 1. The van der Waals surface area contributed by atoms with Crippen molar-refractivity contribution in [2.24, 2.45) is 0 Å². The molecule has 0 aliphatic heterocycles. The van der Waals surface area contributed by atoms with Gasteiger partial charge in [0.05, 0.1) is 11.0 Å². The minimum atomic E-state index is 0.708. The van der Waals surface area contributed by atoms with Crippen LogP contribution in [0.25, 0.3) is 16.7 Å². The smallest absolute Gasteiger partial charge is 0.182 e. The van der Waals surface area contributed by atoms with Gasteiger partial charge >= 0.3 is 0 Å². The maximum absolute atomic E-state index is 5.53. The SMILES string of the molecule is CS/C=C/Cc1ccccc1CNc1ccc(-n2c(=S)[nH]c3ccccc32)cc1. The number of aromatic nitrogens is 2. The monoisotopic (exact) mass is 417 g/mol. The molecule has 0 aliphatic rings. The fourth-order valence-corrected chi connectivity index (χ4v) is 4.04. The maximum atomic E-state index is 5.53. The van der Waals surface area contributed by atoms with Gasteiger partial charge in [-0.15, -0.1) is 11.8 Å². The number of hydrogen-bond acceptors (Lipinski definition) is 3. The quantitative estimate of drug-likeness (QED) is 0.327. The predicted molar refractivity (Wildman–Crippen MR) is 129 cm³/mol. The Labute approximate surface area is 180 Å². The van der Waals surface area contributed by atoms with Crippen molar-refractivity contribution in [3.05, 3.63) is 100 Å². The van der Waals surface area contributed by atoms with E-state index in [9.17, 15) is 0 Å². The summed E-state index contributed by atoms with van der Waals surface area (Å²) < 4.78 is 2.78. The number of allylic oxidation sites excluding steroid dienone is 1. The van der Waals surface area contributed by atoms with Gasteiger partial charge in [-0.05, 0) is 77.8 Å². The third-order valence-electron chi connectivity index (χ3n) is 4.89. The minimum absolute atomic E-state index is 0.708. The molecule has 0 aliphatic carbocycles. The lowest BCUT2D eigenvalue weighted by Crippen LogP contribution is -2.03. The van der Waals surface area contributed by atoms with E-state index < -0.39 is 0 Å². The van der Waals surface area contributed by atoms with E-state index in [4.69, 9.17) is 12.2 Å². The van der Waals surface area contributed by atoms with E-state index in [0.29, 0.717) is 4.77 Å². The van der Waals surface area contributed by atoms with Crippen LogP contribution in [0.15, 0.2) is 84.3 Å². The Bertz CT molecular complexity index is 1190. The second kappa shape index (κ2) is 9.16. The van der Waals surface area contributed by atoms with Crippen molar-refractivity contribution < 1.29 is 0 Å². The molecule has 2 N–H and O–H groups in total. The zero-order valence-electron chi connectivity index (χ0n) is 16.3. The third-order valence-corrected chi connectivity index (χ3v) is 5.64. The summed E-state index contributed by atoms with van der Waals surface area (Å²) >= 11 is 7.26. The summed E-state index contributed by atoms with van der Waals surface area (Å²) in [5.41, 5.74) is 6.96. The van der Waals surface area contributed by atoms with E-state index in [1.165, 1.54) is 11.1 Å². The number of nitrogens with zero attached hydrogens (tertiary/aromatic N) is 1. The number of benzene rings is 3. The second-order valence-corrected chi connectivity index (χ2v) is 7.89. The average Bonchev–Trinajstić information content (AvgIpc) is 3.09. The van der Waals surface area contributed by atoms with Gasteiger partial charge in [-0.2, -0.15) is 0 Å². The Morgan fingerprint density at radius 2 is 1.69 bits per heavy atom. The summed E-state index contributed by atoms with van der Waals surface area (Å²) in [6.45, 7) is 0.801. The highest BCUT2D eigenvalue weighted by molar-refractivity contribution is 8.01. The largest absolute Gasteiger partial charge is 0.381 e. The van der Waals surface area contributed by atoms with Crippen molar-refractivity contribution in [1.29, 1.82) is 0 Å². The van der Waals surface area contributed by atoms with E-state index in [0.717, 1.165) is 35.4 Å². The second-order valence-electron chi connectivity index (χ2n) is 6.76. The Morgan fingerprint density at radius 1 is 0.966 bits per heavy atom. The Balaban J connectivity index is 1.50. The lowest BCUT2D eigenvalue weighted by Gasteiger charge is -2.11. The zero-order valence-corrected chi connectivity index (χ0v) is 17.9. The van der Waals surface area contributed by atoms with Gasteiger partial charge in [-0.3, -0.25) is 4.57 Å². The first-order valence-corrected chi connectivity index (χ1v) is 11.2. The predicted octanol–water partition coefficient (Wildman–Crippen LogP) is 6.72. The first-order chi connectivity index (χ1) is 14.3. The Kier molecular flexibility index (Phi) is 6.17. The van der Waals surface area contributed by atoms with Gasteiger partial charge in [0.25, 0.3) is 0 Å². The van der Waals surface area contributed by atoms with Crippen molar-refractivity contribution in [3.63, 3.8) is 0 Å². The van der Waals surface area contributed by atoms with Crippen LogP contribution in [0.2, 0.25) is 0 Å². The fraction of sp³-hybridized carbons (Fsp3) is 0.125. The molecule has 3 nitrogen and oxygen atoms in total. The number of thioether (sulfide) groups is 1. The zero-order chi connectivity index (χ0) is 20.1. The molecule has 0 unspecified atom stereocenters. The molecule has 0 fully saturated rings. The van der Waals surface area contributed by atoms with Gasteiger partial charge in [-0.1, -0.05) is 42.5 Å². The van der Waals surface area contributed by atoms with E-state index in [-0.39, 0.29) is 0 Å². The van der Waals surface area contributed by atoms with Gasteiger partial charge < -0.3 is 10.3 Å². The number of hydrogen-bond donors (Lipinski definition) is 2. The molecule has 0 amide bonds. The fourth-order valence-electron chi connectivity index (χ4n) is 3.44. The molecule has 29 heavy (non-hydrogen) atoms. The molecule has 0 bridgehead atoms. The number of anilines is 1. The molecular weight excluding hydrogens is 394 g/mol. The van der Waals surface area contributed by atoms with Crippen LogP contribution in [-0.4, -0.2) is 15.8 Å². The Hall–Kier alpha value is -2.76. The highest BCUT2D eigenvalue weighted by Crippen LogP contribution is 2.21. The lowest BCUT2D eigenvalue weighted by molar-refractivity contribution is 1.06. The summed E-state index contributed by atoms with van der Waals surface area (Å²) in [6, 6.07) is 25.2. The maximum Gasteiger partial charge on any atom is 0.182 e. The van der Waals surface area contributed by atoms with Gasteiger partial charge in [0.2, 0.25) is 0 Å². The highest BCUT2D eigenvalue weighted by Gasteiger charge is 2.06. The topological polar surface area (TPSA) is 32.8 Å². The molecule has 3 aromatic carbocycles. The Morgan fingerprint density at radius 3 is 2.48 bits per heavy atom. The van der Waals surface area contributed by atoms with Crippen molar-refractivity contribution >= 4 is 40.7 Å². The molecule has 146 valence electrons. The molecular formula is C24H23N3S2. The molecule has 0 saturated heterocycles. The number of aromatic amines is 1. The van der Waals surface area contributed by atoms with Crippen molar-refractivity contribution in [1.82, 2.24) is 9.55 Å². The molecule has 1 aromatic heterocycles. The van der Waals surface area contributed by atoms with Crippen LogP contribution in [0.3, 0.4) is 0 Å². The van der Waals surface area contributed by atoms with Gasteiger partial charge in [0.15, 0.2) is 4.77 Å². The van der Waals surface area contributed by atoms with Crippen molar-refractivity contribution in [2.75, 3.05) is 11.6 Å². The number of imidazole rings is 1. The number of fused-ring (bicyclic) bond motifs is 1. The molecule has 1 heterocycles. The van der Waals surface area contributed by atoms with Crippen molar-refractivity contribution in [3.8, 4) is 5.69 Å². The standard InChI is InChI=1S/C24H23N3S2/c1-29-16-6-9-18-7-2-3-8-19(18)17-25-20-12-14-21(15-13-20)27-23-11-5-4-10-22(23)26-24(27)28/h2-8,10-16,25H,9,17H2,1H3,(H,26,28)/b16-6+. The van der Waals surface area contributed by atoms with Crippen molar-refractivity contribution in [2.45, 2.75) is 13.0 Å².